The summed E-state index contributed by atoms with van der Waals surface area (Å²) in [5.74, 6) is 0.0478. The molecule has 0 bridgehead atoms. The third-order valence-corrected chi connectivity index (χ3v) is 3.21. The minimum atomic E-state index is 0.0478. The average molecular weight is 252 g/mol. The number of amides is 1. The number of nitriles is 1. The van der Waals surface area contributed by atoms with Gasteiger partial charge >= 0.3 is 0 Å². The normalized spacial score (nSPS) is 10.1. The molecule has 1 amide bonds. The Bertz CT molecular complexity index is 623. The number of rotatable bonds is 4. The first-order valence-corrected chi connectivity index (χ1v) is 6.30. The molecule has 2 aromatic carbocycles. The van der Waals surface area contributed by atoms with E-state index in [1.165, 1.54) is 0 Å². The number of fused-ring (bicyclic) bond motifs is 1. The van der Waals surface area contributed by atoms with E-state index in [4.69, 9.17) is 5.26 Å². The Labute approximate surface area is 113 Å². The van der Waals surface area contributed by atoms with Gasteiger partial charge < -0.3 is 4.90 Å². The molecule has 0 aliphatic carbocycles. The standard InChI is InChI=1S/C16H16N2O/c1-18(11-5-10-17)16(19)12-14-8-4-7-13-6-2-3-9-15(13)14/h2-4,6-9H,5,11-12H2,1H3. The summed E-state index contributed by atoms with van der Waals surface area (Å²) >= 11 is 0. The largest absolute Gasteiger partial charge is 0.344 e. The highest BCUT2D eigenvalue weighted by Gasteiger charge is 2.10. The van der Waals surface area contributed by atoms with Crippen LogP contribution >= 0.6 is 0 Å². The van der Waals surface area contributed by atoms with Gasteiger partial charge in [0.2, 0.25) is 5.91 Å². The summed E-state index contributed by atoms with van der Waals surface area (Å²) in [6, 6.07) is 16.1. The molecule has 0 N–H and O–H groups in total. The summed E-state index contributed by atoms with van der Waals surface area (Å²) in [5, 5.41) is 10.8. The molecule has 0 fully saturated rings. The molecular weight excluding hydrogens is 236 g/mol. The van der Waals surface area contributed by atoms with E-state index in [2.05, 4.69) is 6.07 Å². The van der Waals surface area contributed by atoms with Crippen molar-refractivity contribution < 1.29 is 4.79 Å². The molecule has 0 aromatic heterocycles. The van der Waals surface area contributed by atoms with Gasteiger partial charge in [-0.05, 0) is 16.3 Å². The molecule has 2 aromatic rings. The molecule has 3 nitrogen and oxygen atoms in total. The maximum Gasteiger partial charge on any atom is 0.226 e. The van der Waals surface area contributed by atoms with Crippen molar-refractivity contribution in [2.45, 2.75) is 12.8 Å². The molecular formula is C16H16N2O. The van der Waals surface area contributed by atoms with Crippen molar-refractivity contribution in [1.82, 2.24) is 4.90 Å². The topological polar surface area (TPSA) is 44.1 Å². The van der Waals surface area contributed by atoms with Gasteiger partial charge in [0.1, 0.15) is 0 Å². The minimum absolute atomic E-state index is 0.0478. The van der Waals surface area contributed by atoms with E-state index >= 15 is 0 Å². The van der Waals surface area contributed by atoms with E-state index in [-0.39, 0.29) is 5.91 Å². The van der Waals surface area contributed by atoms with Gasteiger partial charge in [-0.15, -0.1) is 0 Å². The lowest BCUT2D eigenvalue weighted by Crippen LogP contribution is -2.29. The molecule has 3 heteroatoms. The Hall–Kier alpha value is -2.34. The lowest BCUT2D eigenvalue weighted by atomic mass is 10.0. The number of hydrogen-bond acceptors (Lipinski definition) is 2. The van der Waals surface area contributed by atoms with Gasteiger partial charge in [0.15, 0.2) is 0 Å². The molecule has 2 rings (SSSR count). The first-order chi connectivity index (χ1) is 9.22. The molecule has 0 saturated heterocycles. The molecule has 0 aliphatic heterocycles. The Kier molecular flexibility index (Phi) is 4.15. The summed E-state index contributed by atoms with van der Waals surface area (Å²) in [7, 11) is 1.74. The van der Waals surface area contributed by atoms with Gasteiger partial charge in [-0.25, -0.2) is 0 Å². The Balaban J connectivity index is 2.18. The fourth-order valence-corrected chi connectivity index (χ4v) is 2.09. The Morgan fingerprint density at radius 2 is 1.95 bits per heavy atom. The lowest BCUT2D eigenvalue weighted by molar-refractivity contribution is -0.129. The maximum absolute atomic E-state index is 12.1. The molecule has 0 saturated carbocycles. The molecule has 0 heterocycles. The third-order valence-electron chi connectivity index (χ3n) is 3.21. The van der Waals surface area contributed by atoms with E-state index < -0.39 is 0 Å². The first kappa shape index (κ1) is 13.1. The quantitative estimate of drug-likeness (QED) is 0.839. The molecule has 0 spiro atoms. The zero-order valence-corrected chi connectivity index (χ0v) is 11.0. The molecule has 0 atom stereocenters. The fourth-order valence-electron chi connectivity index (χ4n) is 2.09. The number of carbonyl (C=O) groups is 1. The van der Waals surface area contributed by atoms with Gasteiger partial charge in [-0.1, -0.05) is 42.5 Å². The van der Waals surface area contributed by atoms with Crippen LogP contribution in [0.25, 0.3) is 10.8 Å². The second-order valence-electron chi connectivity index (χ2n) is 4.54. The van der Waals surface area contributed by atoms with Gasteiger partial charge in [-0.2, -0.15) is 5.26 Å². The lowest BCUT2D eigenvalue weighted by Gasteiger charge is -2.16. The first-order valence-electron chi connectivity index (χ1n) is 6.30. The summed E-state index contributed by atoms with van der Waals surface area (Å²) in [6.45, 7) is 0.486. The average Bonchev–Trinajstić information content (AvgIpc) is 2.45. The second-order valence-corrected chi connectivity index (χ2v) is 4.54. The highest BCUT2D eigenvalue weighted by molar-refractivity contribution is 5.90. The smallest absolute Gasteiger partial charge is 0.226 e. The van der Waals surface area contributed by atoms with Crippen LogP contribution < -0.4 is 0 Å². The van der Waals surface area contributed by atoms with Crippen molar-refractivity contribution >= 4 is 16.7 Å². The second kappa shape index (κ2) is 6.01. The van der Waals surface area contributed by atoms with Crippen LogP contribution in [0.15, 0.2) is 42.5 Å². The molecule has 0 aliphatic rings. The highest BCUT2D eigenvalue weighted by Crippen LogP contribution is 2.19. The zero-order valence-electron chi connectivity index (χ0n) is 11.0. The van der Waals surface area contributed by atoms with Crippen molar-refractivity contribution in [3.05, 3.63) is 48.0 Å². The third kappa shape index (κ3) is 3.11. The molecule has 96 valence electrons. The molecule has 0 radical (unpaired) electrons. The predicted octanol–water partition coefficient (Wildman–Crippen LogP) is 2.75. The Morgan fingerprint density at radius 3 is 2.74 bits per heavy atom. The number of nitrogens with zero attached hydrogens (tertiary/aromatic N) is 2. The maximum atomic E-state index is 12.1. The minimum Gasteiger partial charge on any atom is -0.344 e. The fraction of sp³-hybridized carbons (Fsp3) is 0.250. The van der Waals surface area contributed by atoms with Crippen molar-refractivity contribution in [1.29, 1.82) is 5.26 Å². The number of likely N-dealkylation sites (N-methyl/N-ethyl adjacent to an activating group) is 1. The van der Waals surface area contributed by atoms with Gasteiger partial charge in [0, 0.05) is 13.6 Å². The Morgan fingerprint density at radius 1 is 1.21 bits per heavy atom. The van der Waals surface area contributed by atoms with Crippen LogP contribution in [-0.4, -0.2) is 24.4 Å². The van der Waals surface area contributed by atoms with Gasteiger partial charge in [0.25, 0.3) is 0 Å². The van der Waals surface area contributed by atoms with E-state index in [9.17, 15) is 4.79 Å². The van der Waals surface area contributed by atoms with Crippen LogP contribution in [0.2, 0.25) is 0 Å². The van der Waals surface area contributed by atoms with Crippen LogP contribution in [0.3, 0.4) is 0 Å². The van der Waals surface area contributed by atoms with Gasteiger partial charge in [-0.3, -0.25) is 4.79 Å². The highest BCUT2D eigenvalue weighted by atomic mass is 16.2. The van der Waals surface area contributed by atoms with Crippen molar-refractivity contribution in [2.75, 3.05) is 13.6 Å². The monoisotopic (exact) mass is 252 g/mol. The van der Waals surface area contributed by atoms with Crippen molar-refractivity contribution in [2.24, 2.45) is 0 Å². The van der Waals surface area contributed by atoms with E-state index in [0.717, 1.165) is 16.3 Å². The van der Waals surface area contributed by atoms with Crippen LogP contribution in [-0.2, 0) is 11.2 Å². The van der Waals surface area contributed by atoms with Crippen LogP contribution in [0.1, 0.15) is 12.0 Å². The van der Waals surface area contributed by atoms with Crippen LogP contribution in [0.4, 0.5) is 0 Å². The molecule has 19 heavy (non-hydrogen) atoms. The van der Waals surface area contributed by atoms with Crippen LogP contribution in [0.5, 0.6) is 0 Å². The van der Waals surface area contributed by atoms with Gasteiger partial charge in [0.05, 0.1) is 18.9 Å². The summed E-state index contributed by atoms with van der Waals surface area (Å²) in [6.07, 6.45) is 0.751. The number of hydrogen-bond donors (Lipinski definition) is 0. The SMILES string of the molecule is CN(CCC#N)C(=O)Cc1cccc2ccccc12. The van der Waals surface area contributed by atoms with E-state index in [0.29, 0.717) is 19.4 Å². The number of carbonyl (C=O) groups excluding carboxylic acids is 1. The van der Waals surface area contributed by atoms with E-state index in [1.54, 1.807) is 11.9 Å². The zero-order chi connectivity index (χ0) is 13.7. The summed E-state index contributed by atoms with van der Waals surface area (Å²) < 4.78 is 0. The van der Waals surface area contributed by atoms with Crippen molar-refractivity contribution in [3.8, 4) is 6.07 Å². The predicted molar refractivity (Wildman–Crippen MR) is 75.5 cm³/mol. The number of benzene rings is 2. The van der Waals surface area contributed by atoms with Crippen molar-refractivity contribution in [3.63, 3.8) is 0 Å². The molecule has 0 unspecified atom stereocenters. The van der Waals surface area contributed by atoms with Crippen LogP contribution in [0, 0.1) is 11.3 Å². The van der Waals surface area contributed by atoms with E-state index in [1.807, 2.05) is 42.5 Å². The summed E-state index contributed by atoms with van der Waals surface area (Å²) in [5.41, 5.74) is 1.03. The summed E-state index contributed by atoms with van der Waals surface area (Å²) in [4.78, 5) is 13.7.